The minimum Gasteiger partial charge on any atom is -0.479 e. The molecule has 4 nitrogen and oxygen atoms in total. The molecule has 0 saturated carbocycles. The van der Waals surface area contributed by atoms with Crippen LogP contribution in [0.2, 0.25) is 0 Å². The molecule has 2 rings (SSSR count). The standard InChI is InChI=1S/C14H17N3O/c1-10-3-5-11(6-4-10)9-16-13-8-7-12(15)14(17-13)18-2/h3-8H,9,15H2,1-2H3,(H,16,17). The van der Waals surface area contributed by atoms with Gasteiger partial charge < -0.3 is 15.8 Å². The molecular formula is C14H17N3O. The van der Waals surface area contributed by atoms with E-state index in [2.05, 4.69) is 41.5 Å². The number of benzene rings is 1. The van der Waals surface area contributed by atoms with E-state index in [0.717, 1.165) is 12.4 Å². The molecule has 0 unspecified atom stereocenters. The van der Waals surface area contributed by atoms with Gasteiger partial charge in [0.05, 0.1) is 12.8 Å². The molecule has 0 radical (unpaired) electrons. The van der Waals surface area contributed by atoms with Crippen LogP contribution in [-0.4, -0.2) is 12.1 Å². The van der Waals surface area contributed by atoms with Gasteiger partial charge in [-0.3, -0.25) is 0 Å². The molecule has 0 bridgehead atoms. The topological polar surface area (TPSA) is 60.2 Å². The number of hydrogen-bond acceptors (Lipinski definition) is 4. The van der Waals surface area contributed by atoms with Crippen molar-refractivity contribution in [1.82, 2.24) is 4.98 Å². The molecule has 0 amide bonds. The molecule has 0 atom stereocenters. The number of nitrogens with zero attached hydrogens (tertiary/aromatic N) is 1. The number of nitrogens with one attached hydrogen (secondary N) is 1. The van der Waals surface area contributed by atoms with Crippen LogP contribution in [0.1, 0.15) is 11.1 Å². The van der Waals surface area contributed by atoms with Gasteiger partial charge in [0.2, 0.25) is 5.88 Å². The van der Waals surface area contributed by atoms with Crippen LogP contribution in [0.25, 0.3) is 0 Å². The number of pyridine rings is 1. The van der Waals surface area contributed by atoms with Gasteiger partial charge in [0.15, 0.2) is 0 Å². The number of nitrogens with two attached hydrogens (primary N) is 1. The van der Waals surface area contributed by atoms with Gasteiger partial charge in [0.25, 0.3) is 0 Å². The second-order valence-electron chi connectivity index (χ2n) is 4.13. The largest absolute Gasteiger partial charge is 0.479 e. The Morgan fingerprint density at radius 3 is 2.56 bits per heavy atom. The number of methoxy groups -OCH3 is 1. The maximum Gasteiger partial charge on any atom is 0.238 e. The van der Waals surface area contributed by atoms with E-state index in [1.54, 1.807) is 13.2 Å². The second kappa shape index (κ2) is 5.40. The third-order valence-corrected chi connectivity index (χ3v) is 2.68. The third kappa shape index (κ3) is 2.91. The minimum absolute atomic E-state index is 0.448. The summed E-state index contributed by atoms with van der Waals surface area (Å²) in [6.45, 7) is 2.80. The molecule has 2 aromatic rings. The van der Waals surface area contributed by atoms with Crippen molar-refractivity contribution in [2.45, 2.75) is 13.5 Å². The summed E-state index contributed by atoms with van der Waals surface area (Å²) >= 11 is 0. The molecule has 0 aliphatic heterocycles. The SMILES string of the molecule is COc1nc(NCc2ccc(C)cc2)ccc1N. The van der Waals surface area contributed by atoms with Crippen LogP contribution in [0.3, 0.4) is 0 Å². The zero-order chi connectivity index (χ0) is 13.0. The Kier molecular flexibility index (Phi) is 3.67. The lowest BCUT2D eigenvalue weighted by Crippen LogP contribution is -2.03. The summed E-state index contributed by atoms with van der Waals surface area (Å²) in [7, 11) is 1.56. The molecule has 0 aliphatic carbocycles. The summed E-state index contributed by atoms with van der Waals surface area (Å²) in [5.74, 6) is 1.20. The smallest absolute Gasteiger partial charge is 0.238 e. The van der Waals surface area contributed by atoms with E-state index >= 15 is 0 Å². The first-order valence-electron chi connectivity index (χ1n) is 5.79. The molecular weight excluding hydrogens is 226 g/mol. The number of rotatable bonds is 4. The van der Waals surface area contributed by atoms with Crippen LogP contribution in [0.5, 0.6) is 5.88 Å². The lowest BCUT2D eigenvalue weighted by molar-refractivity contribution is 0.401. The van der Waals surface area contributed by atoms with Crippen molar-refractivity contribution in [3.05, 3.63) is 47.5 Å². The Bertz CT molecular complexity index is 523. The van der Waals surface area contributed by atoms with Gasteiger partial charge in [-0.15, -0.1) is 0 Å². The van der Waals surface area contributed by atoms with E-state index in [1.807, 2.05) is 6.07 Å². The Morgan fingerprint density at radius 2 is 1.89 bits per heavy atom. The van der Waals surface area contributed by atoms with Gasteiger partial charge in [-0.25, -0.2) is 0 Å². The Morgan fingerprint density at radius 1 is 1.17 bits per heavy atom. The molecule has 1 heterocycles. The van der Waals surface area contributed by atoms with Gasteiger partial charge in [0.1, 0.15) is 5.82 Å². The Balaban J connectivity index is 2.04. The first kappa shape index (κ1) is 12.2. The fourth-order valence-electron chi connectivity index (χ4n) is 1.61. The van der Waals surface area contributed by atoms with Gasteiger partial charge in [-0.05, 0) is 24.6 Å². The third-order valence-electron chi connectivity index (χ3n) is 2.68. The molecule has 0 aliphatic rings. The average Bonchev–Trinajstić information content (AvgIpc) is 2.39. The van der Waals surface area contributed by atoms with Crippen molar-refractivity contribution >= 4 is 11.5 Å². The van der Waals surface area contributed by atoms with Crippen LogP contribution in [-0.2, 0) is 6.54 Å². The molecule has 94 valence electrons. The zero-order valence-corrected chi connectivity index (χ0v) is 10.6. The fourth-order valence-corrected chi connectivity index (χ4v) is 1.61. The molecule has 1 aromatic carbocycles. The molecule has 1 aromatic heterocycles. The molecule has 0 spiro atoms. The van der Waals surface area contributed by atoms with Crippen LogP contribution in [0.4, 0.5) is 11.5 Å². The summed E-state index contributed by atoms with van der Waals surface area (Å²) < 4.78 is 5.08. The van der Waals surface area contributed by atoms with Gasteiger partial charge in [-0.1, -0.05) is 29.8 Å². The normalized spacial score (nSPS) is 10.1. The monoisotopic (exact) mass is 243 g/mol. The summed E-state index contributed by atoms with van der Waals surface area (Å²) in [5.41, 5.74) is 8.71. The quantitative estimate of drug-likeness (QED) is 0.866. The highest BCUT2D eigenvalue weighted by atomic mass is 16.5. The highest BCUT2D eigenvalue weighted by Gasteiger charge is 2.02. The first-order valence-corrected chi connectivity index (χ1v) is 5.79. The van der Waals surface area contributed by atoms with E-state index < -0.39 is 0 Å². The number of anilines is 2. The van der Waals surface area contributed by atoms with Crippen LogP contribution in [0, 0.1) is 6.92 Å². The van der Waals surface area contributed by atoms with Crippen LogP contribution in [0.15, 0.2) is 36.4 Å². The van der Waals surface area contributed by atoms with E-state index in [0.29, 0.717) is 11.6 Å². The van der Waals surface area contributed by atoms with Gasteiger partial charge in [0, 0.05) is 6.54 Å². The van der Waals surface area contributed by atoms with Crippen molar-refractivity contribution in [3.8, 4) is 5.88 Å². The van der Waals surface area contributed by atoms with Gasteiger partial charge in [-0.2, -0.15) is 4.98 Å². The summed E-state index contributed by atoms with van der Waals surface area (Å²) in [6.07, 6.45) is 0. The van der Waals surface area contributed by atoms with E-state index in [9.17, 15) is 0 Å². The number of nitrogen functional groups attached to an aromatic ring is 1. The predicted molar refractivity (Wildman–Crippen MR) is 73.7 cm³/mol. The second-order valence-corrected chi connectivity index (χ2v) is 4.13. The molecule has 4 heteroatoms. The fraction of sp³-hybridized carbons (Fsp3) is 0.214. The highest BCUT2D eigenvalue weighted by Crippen LogP contribution is 2.20. The number of aryl methyl sites for hydroxylation is 1. The maximum atomic E-state index is 5.71. The van der Waals surface area contributed by atoms with Crippen molar-refractivity contribution in [2.75, 3.05) is 18.2 Å². The predicted octanol–water partition coefficient (Wildman–Crippen LogP) is 2.59. The van der Waals surface area contributed by atoms with E-state index in [-0.39, 0.29) is 0 Å². The van der Waals surface area contributed by atoms with Crippen molar-refractivity contribution in [2.24, 2.45) is 0 Å². The summed E-state index contributed by atoms with van der Waals surface area (Å²) in [6, 6.07) is 12.0. The Hall–Kier alpha value is -2.23. The lowest BCUT2D eigenvalue weighted by Gasteiger charge is -2.09. The molecule has 18 heavy (non-hydrogen) atoms. The minimum atomic E-state index is 0.448. The number of hydrogen-bond donors (Lipinski definition) is 2. The number of ether oxygens (including phenoxy) is 1. The first-order chi connectivity index (χ1) is 8.69. The zero-order valence-electron chi connectivity index (χ0n) is 10.6. The van der Waals surface area contributed by atoms with Crippen LogP contribution >= 0.6 is 0 Å². The van der Waals surface area contributed by atoms with E-state index in [1.165, 1.54) is 11.1 Å². The maximum absolute atomic E-state index is 5.71. The van der Waals surface area contributed by atoms with Crippen LogP contribution < -0.4 is 15.8 Å². The average molecular weight is 243 g/mol. The molecule has 0 saturated heterocycles. The highest BCUT2D eigenvalue weighted by molar-refractivity contribution is 5.53. The number of aromatic nitrogens is 1. The van der Waals surface area contributed by atoms with E-state index in [4.69, 9.17) is 10.5 Å². The summed E-state index contributed by atoms with van der Waals surface area (Å²) in [4.78, 5) is 4.27. The van der Waals surface area contributed by atoms with Gasteiger partial charge >= 0.3 is 0 Å². The summed E-state index contributed by atoms with van der Waals surface area (Å²) in [5, 5.41) is 3.24. The van der Waals surface area contributed by atoms with Crippen molar-refractivity contribution in [3.63, 3.8) is 0 Å². The van der Waals surface area contributed by atoms with Crippen molar-refractivity contribution < 1.29 is 4.74 Å². The molecule has 3 N–H and O–H groups in total. The lowest BCUT2D eigenvalue weighted by atomic mass is 10.1. The molecule has 0 fully saturated rings. The Labute approximate surface area is 107 Å². The van der Waals surface area contributed by atoms with Crippen molar-refractivity contribution in [1.29, 1.82) is 0 Å².